The molecule has 0 radical (unpaired) electrons. The predicted molar refractivity (Wildman–Crippen MR) is 72.5 cm³/mol. The average Bonchev–Trinajstić information content (AvgIpc) is 2.39. The van der Waals surface area contributed by atoms with E-state index in [1.165, 1.54) is 0 Å². The normalized spacial score (nSPS) is 19.6. The van der Waals surface area contributed by atoms with Crippen LogP contribution in [-0.2, 0) is 4.79 Å². The monoisotopic (exact) mass is 248 g/mol. The third-order valence-electron chi connectivity index (χ3n) is 3.29. The molecule has 5 nitrogen and oxygen atoms in total. The predicted octanol–water partition coefficient (Wildman–Crippen LogP) is 1.22. The number of amides is 1. The van der Waals surface area contributed by atoms with Crippen molar-refractivity contribution in [3.05, 3.63) is 18.3 Å². The van der Waals surface area contributed by atoms with Gasteiger partial charge in [0, 0.05) is 37.6 Å². The summed E-state index contributed by atoms with van der Waals surface area (Å²) in [5.74, 6) is 0.645. The zero-order chi connectivity index (χ0) is 13.0. The van der Waals surface area contributed by atoms with Gasteiger partial charge in [0.25, 0.3) is 0 Å². The first-order valence-corrected chi connectivity index (χ1v) is 6.45. The quantitative estimate of drug-likeness (QED) is 0.840. The number of anilines is 2. The number of rotatable bonds is 4. The van der Waals surface area contributed by atoms with Crippen LogP contribution in [0.4, 0.5) is 11.5 Å². The molecule has 5 heteroatoms. The van der Waals surface area contributed by atoms with E-state index in [0.29, 0.717) is 6.54 Å². The molecule has 0 spiro atoms. The van der Waals surface area contributed by atoms with Crippen LogP contribution in [0, 0.1) is 5.92 Å². The molecule has 0 bridgehead atoms. The minimum absolute atomic E-state index is 0.0329. The molecule has 1 aromatic heterocycles. The van der Waals surface area contributed by atoms with Crippen LogP contribution in [0.1, 0.15) is 19.8 Å². The van der Waals surface area contributed by atoms with E-state index in [9.17, 15) is 4.79 Å². The number of nitrogens with one attached hydrogen (secondary N) is 1. The van der Waals surface area contributed by atoms with Crippen LogP contribution in [0.3, 0.4) is 0 Å². The highest BCUT2D eigenvalue weighted by atomic mass is 16.1. The highest BCUT2D eigenvalue weighted by Gasteiger charge is 2.24. The van der Waals surface area contributed by atoms with Crippen molar-refractivity contribution < 1.29 is 4.79 Å². The van der Waals surface area contributed by atoms with E-state index < -0.39 is 0 Å². The molecule has 1 fully saturated rings. The van der Waals surface area contributed by atoms with Crippen LogP contribution in [-0.4, -0.2) is 30.5 Å². The van der Waals surface area contributed by atoms with Gasteiger partial charge < -0.3 is 16.0 Å². The Bertz CT molecular complexity index is 421. The fourth-order valence-corrected chi connectivity index (χ4v) is 2.34. The number of hydrogen-bond acceptors (Lipinski definition) is 4. The second kappa shape index (κ2) is 5.71. The number of carbonyl (C=O) groups excluding carboxylic acids is 1. The summed E-state index contributed by atoms with van der Waals surface area (Å²) in [5, 5.41) is 3.19. The van der Waals surface area contributed by atoms with Gasteiger partial charge in [-0.2, -0.15) is 0 Å². The molecule has 1 aliphatic rings. The van der Waals surface area contributed by atoms with Gasteiger partial charge in [0.2, 0.25) is 5.91 Å². The fourth-order valence-electron chi connectivity index (χ4n) is 2.34. The van der Waals surface area contributed by atoms with Crippen molar-refractivity contribution in [1.29, 1.82) is 0 Å². The first-order chi connectivity index (χ1) is 8.70. The molecule has 3 N–H and O–H groups in total. The Balaban J connectivity index is 2.10. The zero-order valence-corrected chi connectivity index (χ0v) is 10.7. The van der Waals surface area contributed by atoms with Gasteiger partial charge in [-0.05, 0) is 25.8 Å². The van der Waals surface area contributed by atoms with Crippen LogP contribution in [0.5, 0.6) is 0 Å². The molecule has 1 saturated heterocycles. The van der Waals surface area contributed by atoms with E-state index in [4.69, 9.17) is 5.73 Å². The molecule has 1 atom stereocenters. The van der Waals surface area contributed by atoms with Gasteiger partial charge in [0.05, 0.1) is 5.92 Å². The largest absolute Gasteiger partial charge is 0.371 e. The molecule has 1 amide bonds. The lowest BCUT2D eigenvalue weighted by molar-refractivity contribution is -0.122. The highest BCUT2D eigenvalue weighted by molar-refractivity contribution is 5.77. The van der Waals surface area contributed by atoms with Gasteiger partial charge in [-0.3, -0.25) is 4.79 Å². The first-order valence-electron chi connectivity index (χ1n) is 6.45. The molecule has 0 aromatic carbocycles. The summed E-state index contributed by atoms with van der Waals surface area (Å²) in [6.07, 6.45) is 3.70. The molecule has 1 unspecified atom stereocenters. The second-order valence-electron chi connectivity index (χ2n) is 4.62. The number of nitrogens with zero attached hydrogens (tertiary/aromatic N) is 2. The maximum absolute atomic E-state index is 11.3. The van der Waals surface area contributed by atoms with Crippen LogP contribution in [0.15, 0.2) is 18.3 Å². The fraction of sp³-hybridized carbons (Fsp3) is 0.538. The molecule has 0 saturated carbocycles. The molecule has 2 heterocycles. The standard InChI is InChI=1S/C13H20N4O/c1-2-15-12-8-11(5-6-16-12)17-7-3-4-10(9-17)13(14)18/h5-6,8,10H,2-4,7,9H2,1H3,(H2,14,18)(H,15,16). The van der Waals surface area contributed by atoms with Crippen LogP contribution < -0.4 is 16.0 Å². The Kier molecular flexibility index (Phi) is 4.02. The molecule has 1 aliphatic heterocycles. The molecule has 2 rings (SSSR count). The Morgan fingerprint density at radius 3 is 3.22 bits per heavy atom. The second-order valence-corrected chi connectivity index (χ2v) is 4.62. The maximum Gasteiger partial charge on any atom is 0.222 e. The first kappa shape index (κ1) is 12.7. The van der Waals surface area contributed by atoms with Crippen LogP contribution >= 0.6 is 0 Å². The molecule has 1 aromatic rings. The van der Waals surface area contributed by atoms with E-state index in [1.54, 1.807) is 6.20 Å². The third-order valence-corrected chi connectivity index (χ3v) is 3.29. The van der Waals surface area contributed by atoms with Crippen molar-refractivity contribution in [3.63, 3.8) is 0 Å². The molecule has 18 heavy (non-hydrogen) atoms. The van der Waals surface area contributed by atoms with Crippen molar-refractivity contribution >= 4 is 17.4 Å². The van der Waals surface area contributed by atoms with Gasteiger partial charge in [-0.1, -0.05) is 0 Å². The van der Waals surface area contributed by atoms with E-state index in [1.807, 2.05) is 19.1 Å². The molecular formula is C13H20N4O. The van der Waals surface area contributed by atoms with Crippen molar-refractivity contribution in [3.8, 4) is 0 Å². The lowest BCUT2D eigenvalue weighted by Gasteiger charge is -2.33. The van der Waals surface area contributed by atoms with Gasteiger partial charge >= 0.3 is 0 Å². The molecular weight excluding hydrogens is 228 g/mol. The number of aromatic nitrogens is 1. The highest BCUT2D eigenvalue weighted by Crippen LogP contribution is 2.24. The lowest BCUT2D eigenvalue weighted by Crippen LogP contribution is -2.41. The zero-order valence-electron chi connectivity index (χ0n) is 10.7. The minimum Gasteiger partial charge on any atom is -0.371 e. The van der Waals surface area contributed by atoms with Gasteiger partial charge in [0.1, 0.15) is 5.82 Å². The Morgan fingerprint density at radius 1 is 1.67 bits per heavy atom. The molecule has 0 aliphatic carbocycles. The number of piperidine rings is 1. The maximum atomic E-state index is 11.3. The minimum atomic E-state index is -0.194. The lowest BCUT2D eigenvalue weighted by atomic mass is 9.97. The smallest absolute Gasteiger partial charge is 0.222 e. The number of carbonyl (C=O) groups is 1. The van der Waals surface area contributed by atoms with Crippen molar-refractivity contribution in [2.75, 3.05) is 29.9 Å². The van der Waals surface area contributed by atoms with E-state index in [2.05, 4.69) is 15.2 Å². The van der Waals surface area contributed by atoms with Crippen LogP contribution in [0.25, 0.3) is 0 Å². The summed E-state index contributed by atoms with van der Waals surface area (Å²) in [6.45, 7) is 4.57. The topological polar surface area (TPSA) is 71.2 Å². The number of nitrogens with two attached hydrogens (primary N) is 1. The number of hydrogen-bond donors (Lipinski definition) is 2. The summed E-state index contributed by atoms with van der Waals surface area (Å²) in [5.41, 5.74) is 6.50. The summed E-state index contributed by atoms with van der Waals surface area (Å²) < 4.78 is 0. The Morgan fingerprint density at radius 2 is 2.50 bits per heavy atom. The van der Waals surface area contributed by atoms with Gasteiger partial charge in [0.15, 0.2) is 0 Å². The van der Waals surface area contributed by atoms with Gasteiger partial charge in [-0.15, -0.1) is 0 Å². The van der Waals surface area contributed by atoms with E-state index in [-0.39, 0.29) is 11.8 Å². The Hall–Kier alpha value is -1.78. The van der Waals surface area contributed by atoms with E-state index in [0.717, 1.165) is 37.4 Å². The third kappa shape index (κ3) is 2.91. The summed E-state index contributed by atoms with van der Waals surface area (Å²) >= 11 is 0. The average molecular weight is 248 g/mol. The Labute approximate surface area is 107 Å². The number of pyridine rings is 1. The summed E-state index contributed by atoms with van der Waals surface area (Å²) in [7, 11) is 0. The van der Waals surface area contributed by atoms with Gasteiger partial charge in [-0.25, -0.2) is 4.98 Å². The van der Waals surface area contributed by atoms with E-state index >= 15 is 0 Å². The van der Waals surface area contributed by atoms with Crippen molar-refractivity contribution in [2.45, 2.75) is 19.8 Å². The SMILES string of the molecule is CCNc1cc(N2CCCC(C(N)=O)C2)ccn1. The summed E-state index contributed by atoms with van der Waals surface area (Å²) in [4.78, 5) is 17.7. The molecule has 98 valence electrons. The van der Waals surface area contributed by atoms with Crippen molar-refractivity contribution in [2.24, 2.45) is 11.7 Å². The summed E-state index contributed by atoms with van der Waals surface area (Å²) in [6, 6.07) is 4.00. The van der Waals surface area contributed by atoms with Crippen LogP contribution in [0.2, 0.25) is 0 Å². The van der Waals surface area contributed by atoms with Crippen molar-refractivity contribution in [1.82, 2.24) is 4.98 Å². The number of primary amides is 1.